The molecule has 26 heavy (non-hydrogen) atoms. The Kier molecular flexibility index (Phi) is 4.70. The van der Waals surface area contributed by atoms with Gasteiger partial charge in [-0.3, -0.25) is 4.79 Å². The van der Waals surface area contributed by atoms with Crippen LogP contribution in [0.3, 0.4) is 0 Å². The minimum Gasteiger partial charge on any atom is -0.340 e. The standard InChI is InChI=1S/C20H17Cl2N3O/c21-14-10-13(11-15(22)12-14)7-8-19(26)25-9-3-6-18(25)20-23-16-4-1-2-5-17(16)24-20/h1-2,4-5,7-8,10-12,18H,3,6,9H2,(H,23,24)/b8-7+. The molecule has 2 heterocycles. The van der Waals surface area contributed by atoms with Crippen LogP contribution in [0.5, 0.6) is 0 Å². The summed E-state index contributed by atoms with van der Waals surface area (Å²) in [6, 6.07) is 13.1. The largest absolute Gasteiger partial charge is 0.340 e. The first-order chi connectivity index (χ1) is 12.6. The zero-order valence-electron chi connectivity index (χ0n) is 14.0. The van der Waals surface area contributed by atoms with Crippen LogP contribution in [0.15, 0.2) is 48.5 Å². The van der Waals surface area contributed by atoms with Gasteiger partial charge in [0.25, 0.3) is 0 Å². The van der Waals surface area contributed by atoms with Gasteiger partial charge in [-0.25, -0.2) is 4.98 Å². The van der Waals surface area contributed by atoms with Crippen molar-refractivity contribution in [3.63, 3.8) is 0 Å². The molecule has 4 nitrogen and oxygen atoms in total. The highest BCUT2D eigenvalue weighted by Crippen LogP contribution is 2.31. The lowest BCUT2D eigenvalue weighted by Gasteiger charge is -2.21. The molecule has 1 atom stereocenters. The first-order valence-corrected chi connectivity index (χ1v) is 9.25. The van der Waals surface area contributed by atoms with E-state index in [-0.39, 0.29) is 11.9 Å². The summed E-state index contributed by atoms with van der Waals surface area (Å²) < 4.78 is 0. The van der Waals surface area contributed by atoms with E-state index in [9.17, 15) is 4.79 Å². The summed E-state index contributed by atoms with van der Waals surface area (Å²) in [5.41, 5.74) is 2.71. The maximum Gasteiger partial charge on any atom is 0.247 e. The summed E-state index contributed by atoms with van der Waals surface area (Å²) in [6.45, 7) is 0.723. The predicted octanol–water partition coefficient (Wildman–Crippen LogP) is 5.25. The highest BCUT2D eigenvalue weighted by molar-refractivity contribution is 6.34. The van der Waals surface area contributed by atoms with Crippen LogP contribution in [0.1, 0.15) is 30.3 Å². The number of likely N-dealkylation sites (tertiary alicyclic amines) is 1. The number of nitrogens with zero attached hydrogens (tertiary/aromatic N) is 2. The lowest BCUT2D eigenvalue weighted by atomic mass is 10.2. The highest BCUT2D eigenvalue weighted by Gasteiger charge is 2.31. The van der Waals surface area contributed by atoms with Crippen molar-refractivity contribution in [1.29, 1.82) is 0 Å². The molecule has 3 aromatic rings. The van der Waals surface area contributed by atoms with E-state index in [0.29, 0.717) is 10.0 Å². The first kappa shape index (κ1) is 17.1. The molecular formula is C20H17Cl2N3O. The highest BCUT2D eigenvalue weighted by atomic mass is 35.5. The molecule has 1 aliphatic rings. The van der Waals surface area contributed by atoms with Gasteiger partial charge in [0.2, 0.25) is 5.91 Å². The number of aromatic amines is 1. The summed E-state index contributed by atoms with van der Waals surface area (Å²) in [7, 11) is 0. The van der Waals surface area contributed by atoms with Crippen LogP contribution < -0.4 is 0 Å². The van der Waals surface area contributed by atoms with E-state index in [0.717, 1.165) is 41.8 Å². The minimum absolute atomic E-state index is 0.0255. The summed E-state index contributed by atoms with van der Waals surface area (Å²) >= 11 is 12.0. The van der Waals surface area contributed by atoms with Crippen molar-refractivity contribution in [1.82, 2.24) is 14.9 Å². The lowest BCUT2D eigenvalue weighted by Crippen LogP contribution is -2.29. The number of carbonyl (C=O) groups is 1. The van der Waals surface area contributed by atoms with Crippen LogP contribution in [0.25, 0.3) is 17.1 Å². The summed E-state index contributed by atoms with van der Waals surface area (Å²) in [6.07, 6.45) is 5.18. The zero-order valence-corrected chi connectivity index (χ0v) is 15.5. The third kappa shape index (κ3) is 3.48. The minimum atomic E-state index is -0.0379. The maximum atomic E-state index is 12.7. The quantitative estimate of drug-likeness (QED) is 0.626. The molecule has 0 radical (unpaired) electrons. The smallest absolute Gasteiger partial charge is 0.247 e. The van der Waals surface area contributed by atoms with Crippen molar-refractivity contribution in [2.24, 2.45) is 0 Å². The Morgan fingerprint density at radius 3 is 2.73 bits per heavy atom. The number of aromatic nitrogens is 2. The second-order valence-corrected chi connectivity index (χ2v) is 7.24. The van der Waals surface area contributed by atoms with E-state index in [4.69, 9.17) is 23.2 Å². The molecule has 0 aliphatic carbocycles. The second kappa shape index (κ2) is 7.14. The van der Waals surface area contributed by atoms with Gasteiger partial charge >= 0.3 is 0 Å². The number of hydrogen-bond acceptors (Lipinski definition) is 2. The number of hydrogen-bond donors (Lipinski definition) is 1. The molecule has 1 amide bonds. The monoisotopic (exact) mass is 385 g/mol. The first-order valence-electron chi connectivity index (χ1n) is 8.49. The summed E-state index contributed by atoms with van der Waals surface area (Å²) in [5, 5.41) is 1.09. The Hall–Kier alpha value is -2.30. The molecule has 6 heteroatoms. The van der Waals surface area contributed by atoms with Crippen molar-refractivity contribution in [2.75, 3.05) is 6.54 Å². The average Bonchev–Trinajstić information content (AvgIpc) is 3.25. The lowest BCUT2D eigenvalue weighted by molar-refractivity contribution is -0.126. The Morgan fingerprint density at radius 2 is 1.96 bits per heavy atom. The number of fused-ring (bicyclic) bond motifs is 1. The number of benzene rings is 2. The number of para-hydroxylation sites is 2. The molecule has 1 aliphatic heterocycles. The number of imidazole rings is 1. The molecule has 1 saturated heterocycles. The van der Waals surface area contributed by atoms with E-state index in [1.807, 2.05) is 29.2 Å². The zero-order chi connectivity index (χ0) is 18.1. The van der Waals surface area contributed by atoms with Gasteiger partial charge in [-0.1, -0.05) is 35.3 Å². The topological polar surface area (TPSA) is 49.0 Å². The van der Waals surface area contributed by atoms with Gasteiger partial charge in [0.1, 0.15) is 5.82 Å². The van der Waals surface area contributed by atoms with Crippen molar-refractivity contribution in [2.45, 2.75) is 18.9 Å². The predicted molar refractivity (Wildman–Crippen MR) is 105 cm³/mol. The molecule has 0 bridgehead atoms. The molecule has 1 N–H and O–H groups in total. The molecule has 1 fully saturated rings. The van der Waals surface area contributed by atoms with Crippen molar-refractivity contribution in [3.05, 3.63) is 70.0 Å². The van der Waals surface area contributed by atoms with E-state index in [2.05, 4.69) is 9.97 Å². The van der Waals surface area contributed by atoms with Crippen molar-refractivity contribution in [3.8, 4) is 0 Å². The Balaban J connectivity index is 1.55. The van der Waals surface area contributed by atoms with Crippen LogP contribution in [-0.4, -0.2) is 27.3 Å². The normalized spacial score (nSPS) is 17.5. The maximum absolute atomic E-state index is 12.7. The molecular weight excluding hydrogens is 369 g/mol. The van der Waals surface area contributed by atoms with Crippen LogP contribution in [0.2, 0.25) is 10.0 Å². The molecule has 4 rings (SSSR count). The molecule has 0 spiro atoms. The number of halogens is 2. The number of rotatable bonds is 3. The third-order valence-corrected chi connectivity index (χ3v) is 5.00. The van der Waals surface area contributed by atoms with E-state index in [1.54, 1.807) is 30.4 Å². The van der Waals surface area contributed by atoms with Gasteiger partial charge in [0, 0.05) is 22.7 Å². The number of amides is 1. The van der Waals surface area contributed by atoms with Crippen LogP contribution in [0.4, 0.5) is 0 Å². The van der Waals surface area contributed by atoms with E-state index >= 15 is 0 Å². The van der Waals surface area contributed by atoms with Gasteiger partial charge in [0.05, 0.1) is 17.1 Å². The SMILES string of the molecule is O=C(/C=C/c1cc(Cl)cc(Cl)c1)N1CCCC1c1nc2ccccc2[nH]1. The fourth-order valence-corrected chi connectivity index (χ4v) is 3.92. The number of H-pyrrole nitrogens is 1. The van der Waals surface area contributed by atoms with E-state index in [1.165, 1.54) is 0 Å². The van der Waals surface area contributed by atoms with Crippen molar-refractivity contribution < 1.29 is 4.79 Å². The van der Waals surface area contributed by atoms with Gasteiger partial charge in [-0.2, -0.15) is 0 Å². The van der Waals surface area contributed by atoms with Crippen LogP contribution >= 0.6 is 23.2 Å². The Bertz CT molecular complexity index is 942. The van der Waals surface area contributed by atoms with Crippen LogP contribution in [-0.2, 0) is 4.79 Å². The van der Waals surface area contributed by atoms with Gasteiger partial charge < -0.3 is 9.88 Å². The molecule has 132 valence electrons. The summed E-state index contributed by atoms with van der Waals surface area (Å²) in [5.74, 6) is 0.806. The van der Waals surface area contributed by atoms with Gasteiger partial charge in [0.15, 0.2) is 0 Å². The second-order valence-electron chi connectivity index (χ2n) is 6.36. The number of nitrogens with one attached hydrogen (secondary N) is 1. The fraction of sp³-hybridized carbons (Fsp3) is 0.200. The molecule has 1 aromatic heterocycles. The van der Waals surface area contributed by atoms with Crippen molar-refractivity contribution >= 4 is 46.2 Å². The molecule has 2 aromatic carbocycles. The van der Waals surface area contributed by atoms with Crippen LogP contribution in [0, 0.1) is 0 Å². The average molecular weight is 386 g/mol. The van der Waals surface area contributed by atoms with Gasteiger partial charge in [-0.05, 0) is 54.8 Å². The fourth-order valence-electron chi connectivity index (χ4n) is 3.38. The Morgan fingerprint density at radius 1 is 1.19 bits per heavy atom. The third-order valence-electron chi connectivity index (χ3n) is 4.56. The van der Waals surface area contributed by atoms with E-state index < -0.39 is 0 Å². The summed E-state index contributed by atoms with van der Waals surface area (Å²) in [4.78, 5) is 22.6. The number of carbonyl (C=O) groups excluding carboxylic acids is 1. The molecule has 0 saturated carbocycles. The molecule has 1 unspecified atom stereocenters. The Labute approximate surface area is 161 Å². The van der Waals surface area contributed by atoms with Gasteiger partial charge in [-0.15, -0.1) is 0 Å².